The summed E-state index contributed by atoms with van der Waals surface area (Å²) in [5, 5.41) is 0. The molecule has 0 amide bonds. The summed E-state index contributed by atoms with van der Waals surface area (Å²) in [7, 11) is 0. The zero-order chi connectivity index (χ0) is 12.8. The van der Waals surface area contributed by atoms with Crippen molar-refractivity contribution in [3.63, 3.8) is 0 Å². The predicted octanol–water partition coefficient (Wildman–Crippen LogP) is 3.73. The summed E-state index contributed by atoms with van der Waals surface area (Å²) in [6.45, 7) is 4.52. The minimum absolute atomic E-state index is 0.414. The van der Waals surface area contributed by atoms with Crippen molar-refractivity contribution in [1.29, 1.82) is 0 Å². The molecular weight excluding hydrogens is 220 g/mol. The second-order valence-corrected chi connectivity index (χ2v) is 4.28. The highest BCUT2D eigenvalue weighted by molar-refractivity contribution is 5.37. The molecule has 18 heavy (non-hydrogen) atoms. The Morgan fingerprint density at radius 3 is 2.39 bits per heavy atom. The fourth-order valence-corrected chi connectivity index (χ4v) is 1.69. The number of ether oxygens (including phenoxy) is 1. The minimum Gasteiger partial charge on any atom is -0.481 e. The number of aryl methyl sites for hydroxylation is 2. The topological polar surface area (TPSA) is 9.23 Å². The fourth-order valence-electron chi connectivity index (χ4n) is 1.69. The molecule has 0 aliphatic carbocycles. The van der Waals surface area contributed by atoms with E-state index in [9.17, 15) is 0 Å². The van der Waals surface area contributed by atoms with Crippen molar-refractivity contribution in [2.24, 2.45) is 0 Å². The van der Waals surface area contributed by atoms with E-state index < -0.39 is 0 Å². The first kappa shape index (κ1) is 12.3. The maximum absolute atomic E-state index is 5.57. The molecule has 0 aromatic heterocycles. The van der Waals surface area contributed by atoms with Crippen molar-refractivity contribution in [2.45, 2.75) is 13.8 Å². The Morgan fingerprint density at radius 1 is 0.944 bits per heavy atom. The van der Waals surface area contributed by atoms with Crippen LogP contribution >= 0.6 is 0 Å². The molecule has 0 radical (unpaired) electrons. The fraction of sp³-hybridized carbons (Fsp3) is 0.176. The SMILES string of the molecule is Cc1cccc(C#CCOc2cccc(C)c2)c1. The molecule has 0 saturated carbocycles. The van der Waals surface area contributed by atoms with E-state index in [1.54, 1.807) is 0 Å². The summed E-state index contributed by atoms with van der Waals surface area (Å²) in [6.07, 6.45) is 0. The highest BCUT2D eigenvalue weighted by atomic mass is 16.5. The monoisotopic (exact) mass is 236 g/mol. The molecule has 1 heteroatoms. The molecule has 2 aromatic rings. The Balaban J connectivity index is 1.93. The van der Waals surface area contributed by atoms with Gasteiger partial charge in [-0.2, -0.15) is 0 Å². The molecule has 0 aliphatic rings. The lowest BCUT2D eigenvalue weighted by Gasteiger charge is -2.01. The van der Waals surface area contributed by atoms with Crippen molar-refractivity contribution < 1.29 is 4.74 Å². The summed E-state index contributed by atoms with van der Waals surface area (Å²) in [5.74, 6) is 6.99. The third-order valence-electron chi connectivity index (χ3n) is 2.55. The lowest BCUT2D eigenvalue weighted by molar-refractivity contribution is 0.370. The summed E-state index contributed by atoms with van der Waals surface area (Å²) >= 11 is 0. The number of hydrogen-bond donors (Lipinski definition) is 0. The van der Waals surface area contributed by atoms with Crippen molar-refractivity contribution in [3.8, 4) is 17.6 Å². The van der Waals surface area contributed by atoms with Gasteiger partial charge < -0.3 is 4.74 Å². The molecule has 2 aromatic carbocycles. The Kier molecular flexibility index (Phi) is 4.04. The maximum atomic E-state index is 5.57. The van der Waals surface area contributed by atoms with Gasteiger partial charge >= 0.3 is 0 Å². The average Bonchev–Trinajstić information content (AvgIpc) is 2.35. The number of rotatable bonds is 2. The standard InChI is InChI=1S/C17H16O/c1-14-6-3-8-16(12-14)9-5-11-18-17-10-4-7-15(2)13-17/h3-4,6-8,10,12-13H,11H2,1-2H3. The molecule has 0 atom stereocenters. The van der Waals surface area contributed by atoms with E-state index in [-0.39, 0.29) is 0 Å². The zero-order valence-electron chi connectivity index (χ0n) is 10.7. The van der Waals surface area contributed by atoms with E-state index in [4.69, 9.17) is 4.74 Å². The second-order valence-electron chi connectivity index (χ2n) is 4.28. The van der Waals surface area contributed by atoms with Crippen LogP contribution in [0, 0.1) is 25.7 Å². The van der Waals surface area contributed by atoms with Crippen LogP contribution in [0.15, 0.2) is 48.5 Å². The molecule has 0 saturated heterocycles. The third kappa shape index (κ3) is 3.68. The Bertz CT molecular complexity index is 588. The smallest absolute Gasteiger partial charge is 0.149 e. The lowest BCUT2D eigenvalue weighted by Crippen LogP contribution is -1.94. The first-order chi connectivity index (χ1) is 8.74. The second kappa shape index (κ2) is 5.93. The molecule has 0 N–H and O–H groups in total. The van der Waals surface area contributed by atoms with Crippen LogP contribution in [-0.2, 0) is 0 Å². The summed E-state index contributed by atoms with van der Waals surface area (Å²) in [6, 6.07) is 16.1. The van der Waals surface area contributed by atoms with E-state index >= 15 is 0 Å². The average molecular weight is 236 g/mol. The molecule has 0 heterocycles. The van der Waals surface area contributed by atoms with Gasteiger partial charge in [-0.3, -0.25) is 0 Å². The van der Waals surface area contributed by atoms with E-state index in [0.29, 0.717) is 6.61 Å². The van der Waals surface area contributed by atoms with Crippen LogP contribution < -0.4 is 4.74 Å². The molecule has 0 aliphatic heterocycles. The van der Waals surface area contributed by atoms with Gasteiger partial charge in [0.1, 0.15) is 12.4 Å². The van der Waals surface area contributed by atoms with Gasteiger partial charge in [-0.25, -0.2) is 0 Å². The van der Waals surface area contributed by atoms with E-state index in [1.807, 2.05) is 43.3 Å². The van der Waals surface area contributed by atoms with E-state index in [2.05, 4.69) is 30.9 Å². The van der Waals surface area contributed by atoms with Crippen molar-refractivity contribution >= 4 is 0 Å². The van der Waals surface area contributed by atoms with E-state index in [1.165, 1.54) is 11.1 Å². The summed E-state index contributed by atoms with van der Waals surface area (Å²) in [4.78, 5) is 0. The zero-order valence-corrected chi connectivity index (χ0v) is 10.7. The molecule has 1 nitrogen and oxygen atoms in total. The summed E-state index contributed by atoms with van der Waals surface area (Å²) in [5.41, 5.74) is 3.45. The van der Waals surface area contributed by atoms with Gasteiger partial charge in [-0.15, -0.1) is 0 Å². The van der Waals surface area contributed by atoms with Gasteiger partial charge in [-0.05, 0) is 49.2 Å². The third-order valence-corrected chi connectivity index (χ3v) is 2.55. The van der Waals surface area contributed by atoms with E-state index in [0.717, 1.165) is 11.3 Å². The Morgan fingerprint density at radius 2 is 1.67 bits per heavy atom. The van der Waals surface area contributed by atoms with Gasteiger partial charge in [0, 0.05) is 5.56 Å². The van der Waals surface area contributed by atoms with Crippen LogP contribution in [0.2, 0.25) is 0 Å². The van der Waals surface area contributed by atoms with Gasteiger partial charge in [0.25, 0.3) is 0 Å². The van der Waals surface area contributed by atoms with Crippen LogP contribution in [0.3, 0.4) is 0 Å². The quantitative estimate of drug-likeness (QED) is 0.722. The Labute approximate surface area is 108 Å². The highest BCUT2D eigenvalue weighted by Crippen LogP contribution is 2.11. The Hall–Kier alpha value is -2.20. The van der Waals surface area contributed by atoms with Crippen LogP contribution in [-0.4, -0.2) is 6.61 Å². The first-order valence-electron chi connectivity index (χ1n) is 5.99. The van der Waals surface area contributed by atoms with Gasteiger partial charge in [-0.1, -0.05) is 36.1 Å². The largest absolute Gasteiger partial charge is 0.481 e. The molecule has 0 bridgehead atoms. The number of hydrogen-bond acceptors (Lipinski definition) is 1. The molecule has 2 rings (SSSR count). The molecule has 0 unspecified atom stereocenters. The highest BCUT2D eigenvalue weighted by Gasteiger charge is 1.91. The predicted molar refractivity (Wildman–Crippen MR) is 74.7 cm³/mol. The van der Waals surface area contributed by atoms with Crippen molar-refractivity contribution in [3.05, 3.63) is 65.2 Å². The van der Waals surface area contributed by atoms with Crippen LogP contribution in [0.4, 0.5) is 0 Å². The normalized spacial score (nSPS) is 9.44. The van der Waals surface area contributed by atoms with Crippen LogP contribution in [0.1, 0.15) is 16.7 Å². The van der Waals surface area contributed by atoms with Crippen LogP contribution in [0.25, 0.3) is 0 Å². The van der Waals surface area contributed by atoms with Gasteiger partial charge in [0.2, 0.25) is 0 Å². The van der Waals surface area contributed by atoms with Gasteiger partial charge in [0.05, 0.1) is 0 Å². The maximum Gasteiger partial charge on any atom is 0.149 e. The number of benzene rings is 2. The summed E-state index contributed by atoms with van der Waals surface area (Å²) < 4.78 is 5.57. The van der Waals surface area contributed by atoms with Crippen molar-refractivity contribution in [2.75, 3.05) is 6.61 Å². The lowest BCUT2D eigenvalue weighted by atomic mass is 10.1. The molecule has 90 valence electrons. The minimum atomic E-state index is 0.414. The van der Waals surface area contributed by atoms with Crippen LogP contribution in [0.5, 0.6) is 5.75 Å². The van der Waals surface area contributed by atoms with Gasteiger partial charge in [0.15, 0.2) is 0 Å². The van der Waals surface area contributed by atoms with Crippen molar-refractivity contribution in [1.82, 2.24) is 0 Å². The first-order valence-corrected chi connectivity index (χ1v) is 5.99. The molecular formula is C17H16O. The molecule has 0 fully saturated rings. The molecule has 0 spiro atoms.